The summed E-state index contributed by atoms with van der Waals surface area (Å²) in [4.78, 5) is 15.5. The second-order valence-electron chi connectivity index (χ2n) is 6.59. The third-order valence-corrected chi connectivity index (χ3v) is 3.71. The minimum absolute atomic E-state index is 0.0120. The van der Waals surface area contributed by atoms with Crippen molar-refractivity contribution in [1.29, 1.82) is 0 Å². The fraction of sp³-hybridized carbons (Fsp3) is 0.526. The number of benzene rings is 1. The Morgan fingerprint density at radius 1 is 1.21 bits per heavy atom. The molecule has 1 unspecified atom stereocenters. The van der Waals surface area contributed by atoms with Gasteiger partial charge in [-0.15, -0.1) is 0 Å². The first-order valence-electron chi connectivity index (χ1n) is 9.26. The summed E-state index contributed by atoms with van der Waals surface area (Å²) in [5, 5.41) is 19.6. The summed E-state index contributed by atoms with van der Waals surface area (Å²) in [6, 6.07) is 7.17. The number of aromatic nitrogens is 2. The van der Waals surface area contributed by atoms with Gasteiger partial charge in [-0.3, -0.25) is 4.79 Å². The lowest BCUT2D eigenvalue weighted by Crippen LogP contribution is -2.38. The number of nitrogens with one attached hydrogen (secondary N) is 2. The van der Waals surface area contributed by atoms with Crippen molar-refractivity contribution in [2.45, 2.75) is 33.5 Å². The van der Waals surface area contributed by atoms with E-state index in [4.69, 9.17) is 14.0 Å². The zero-order valence-electron chi connectivity index (χ0n) is 16.5. The van der Waals surface area contributed by atoms with Crippen LogP contribution < -0.4 is 20.1 Å². The maximum Gasteiger partial charge on any atom is 0.264 e. The molecule has 1 heterocycles. The van der Waals surface area contributed by atoms with Gasteiger partial charge in [0.25, 0.3) is 5.89 Å². The number of carbonyl (C=O) groups excluding carboxylic acids is 1. The molecule has 0 aliphatic heterocycles. The summed E-state index contributed by atoms with van der Waals surface area (Å²) in [7, 11) is 0. The summed E-state index contributed by atoms with van der Waals surface area (Å²) < 4.78 is 16.3. The third-order valence-electron chi connectivity index (χ3n) is 3.71. The number of amides is 1. The van der Waals surface area contributed by atoms with Crippen LogP contribution >= 0.6 is 0 Å². The molecule has 1 aromatic carbocycles. The van der Waals surface area contributed by atoms with Gasteiger partial charge >= 0.3 is 0 Å². The van der Waals surface area contributed by atoms with Gasteiger partial charge in [0.05, 0.1) is 0 Å². The van der Waals surface area contributed by atoms with Crippen LogP contribution in [0.15, 0.2) is 28.8 Å². The number of carbonyl (C=O) groups is 1. The zero-order chi connectivity index (χ0) is 20.4. The number of para-hydroxylation sites is 2. The number of aryl methyl sites for hydroxylation is 1. The molecule has 9 heteroatoms. The normalized spacial score (nSPS) is 12.0. The average Bonchev–Trinajstić information content (AvgIpc) is 3.10. The largest absolute Gasteiger partial charge is 0.487 e. The Kier molecular flexibility index (Phi) is 8.70. The number of rotatable bonds is 12. The first kappa shape index (κ1) is 21.6. The van der Waals surface area contributed by atoms with Gasteiger partial charge in [0, 0.05) is 25.6 Å². The molecule has 0 spiro atoms. The van der Waals surface area contributed by atoms with Crippen molar-refractivity contribution in [2.24, 2.45) is 5.92 Å². The van der Waals surface area contributed by atoms with Crippen LogP contribution in [0.4, 0.5) is 0 Å². The molecule has 2 aromatic rings. The van der Waals surface area contributed by atoms with E-state index in [-0.39, 0.29) is 25.0 Å². The molecule has 0 saturated carbocycles. The molecule has 1 amide bonds. The number of aliphatic hydroxyl groups excluding tert-OH is 1. The van der Waals surface area contributed by atoms with Gasteiger partial charge in [0.2, 0.25) is 5.91 Å². The Balaban J connectivity index is 1.69. The number of aliphatic hydroxyl groups is 1. The maximum atomic E-state index is 11.4. The first-order valence-corrected chi connectivity index (χ1v) is 9.26. The highest BCUT2D eigenvalue weighted by atomic mass is 16.5. The Labute approximate surface area is 164 Å². The van der Waals surface area contributed by atoms with Gasteiger partial charge in [-0.25, -0.2) is 0 Å². The molecule has 0 radical (unpaired) electrons. The molecule has 28 heavy (non-hydrogen) atoms. The molecule has 0 fully saturated rings. The molecule has 1 aromatic heterocycles. The molecule has 0 bridgehead atoms. The maximum absolute atomic E-state index is 11.4. The monoisotopic (exact) mass is 392 g/mol. The van der Waals surface area contributed by atoms with Gasteiger partial charge in [-0.1, -0.05) is 31.1 Å². The lowest BCUT2D eigenvalue weighted by molar-refractivity contribution is -0.123. The van der Waals surface area contributed by atoms with E-state index in [1.165, 1.54) is 0 Å². The summed E-state index contributed by atoms with van der Waals surface area (Å²) >= 11 is 0. The lowest BCUT2D eigenvalue weighted by atomic mass is 10.2. The highest BCUT2D eigenvalue weighted by Crippen LogP contribution is 2.27. The van der Waals surface area contributed by atoms with Crippen LogP contribution in [0, 0.1) is 12.8 Å². The molecular weight excluding hydrogens is 364 g/mol. The van der Waals surface area contributed by atoms with Crippen molar-refractivity contribution in [1.82, 2.24) is 20.8 Å². The minimum Gasteiger partial charge on any atom is -0.487 e. The molecule has 1 atom stereocenters. The summed E-state index contributed by atoms with van der Waals surface area (Å²) in [6.45, 7) is 7.08. The summed E-state index contributed by atoms with van der Waals surface area (Å²) in [5.74, 6) is 1.93. The number of nitrogens with zero attached hydrogens (tertiary/aromatic N) is 2. The van der Waals surface area contributed by atoms with E-state index in [0.717, 1.165) is 0 Å². The molecule has 0 aliphatic carbocycles. The predicted molar refractivity (Wildman–Crippen MR) is 102 cm³/mol. The Hall–Kier alpha value is -2.65. The zero-order valence-corrected chi connectivity index (χ0v) is 16.5. The standard InChI is InChI=1S/C19H28N4O5/c1-13(2)19(25)21-9-8-20-10-15(24)11-26-16-6-4-5-7-17(16)27-12-18-22-14(3)23-28-18/h4-7,13,15,20,24H,8-12H2,1-3H3,(H,21,25). The summed E-state index contributed by atoms with van der Waals surface area (Å²) in [6.07, 6.45) is -0.701. The van der Waals surface area contributed by atoms with Crippen LogP contribution in [-0.4, -0.2) is 53.5 Å². The molecule has 9 nitrogen and oxygen atoms in total. The molecule has 0 aliphatic rings. The van der Waals surface area contributed by atoms with Crippen LogP contribution in [0.3, 0.4) is 0 Å². The lowest BCUT2D eigenvalue weighted by Gasteiger charge is -2.15. The first-order chi connectivity index (χ1) is 13.5. The van der Waals surface area contributed by atoms with Crippen molar-refractivity contribution in [3.63, 3.8) is 0 Å². The van der Waals surface area contributed by atoms with E-state index in [9.17, 15) is 9.90 Å². The van der Waals surface area contributed by atoms with Gasteiger partial charge < -0.3 is 29.7 Å². The van der Waals surface area contributed by atoms with Crippen LogP contribution in [0.1, 0.15) is 25.6 Å². The summed E-state index contributed by atoms with van der Waals surface area (Å²) in [5.41, 5.74) is 0. The Bertz CT molecular complexity index is 735. The highest BCUT2D eigenvalue weighted by Gasteiger charge is 2.11. The number of ether oxygens (including phenoxy) is 2. The van der Waals surface area contributed by atoms with E-state index < -0.39 is 6.10 Å². The second kappa shape index (κ2) is 11.3. The molecule has 3 N–H and O–H groups in total. The van der Waals surface area contributed by atoms with Crippen LogP contribution in [0.2, 0.25) is 0 Å². The topological polar surface area (TPSA) is 119 Å². The van der Waals surface area contributed by atoms with Gasteiger partial charge in [0.1, 0.15) is 12.7 Å². The second-order valence-corrected chi connectivity index (χ2v) is 6.59. The predicted octanol–water partition coefficient (Wildman–Crippen LogP) is 1.06. The van der Waals surface area contributed by atoms with Crippen molar-refractivity contribution in [2.75, 3.05) is 26.2 Å². The van der Waals surface area contributed by atoms with E-state index >= 15 is 0 Å². The van der Waals surface area contributed by atoms with E-state index in [0.29, 0.717) is 42.8 Å². The van der Waals surface area contributed by atoms with Crippen molar-refractivity contribution < 1.29 is 23.9 Å². The van der Waals surface area contributed by atoms with Gasteiger partial charge in [0.15, 0.2) is 23.9 Å². The van der Waals surface area contributed by atoms with Crippen molar-refractivity contribution >= 4 is 5.91 Å². The van der Waals surface area contributed by atoms with Crippen LogP contribution in [0.5, 0.6) is 11.5 Å². The fourth-order valence-electron chi connectivity index (χ4n) is 2.22. The SMILES string of the molecule is Cc1noc(COc2ccccc2OCC(O)CNCCNC(=O)C(C)C)n1. The highest BCUT2D eigenvalue weighted by molar-refractivity contribution is 5.77. The van der Waals surface area contributed by atoms with Crippen LogP contribution in [0.25, 0.3) is 0 Å². The van der Waals surface area contributed by atoms with Gasteiger partial charge in [-0.2, -0.15) is 4.98 Å². The molecule has 154 valence electrons. The smallest absolute Gasteiger partial charge is 0.264 e. The fourth-order valence-corrected chi connectivity index (χ4v) is 2.22. The van der Waals surface area contributed by atoms with Crippen LogP contribution in [-0.2, 0) is 11.4 Å². The Morgan fingerprint density at radius 3 is 2.57 bits per heavy atom. The van der Waals surface area contributed by atoms with E-state index in [1.807, 2.05) is 26.0 Å². The Morgan fingerprint density at radius 2 is 1.93 bits per heavy atom. The quantitative estimate of drug-likeness (QED) is 0.459. The van der Waals surface area contributed by atoms with E-state index in [2.05, 4.69) is 20.8 Å². The molecule has 0 saturated heterocycles. The van der Waals surface area contributed by atoms with Gasteiger partial charge in [-0.05, 0) is 19.1 Å². The van der Waals surface area contributed by atoms with Crippen molar-refractivity contribution in [3.8, 4) is 11.5 Å². The molecular formula is C19H28N4O5. The average molecular weight is 392 g/mol. The van der Waals surface area contributed by atoms with E-state index in [1.54, 1.807) is 19.1 Å². The molecule has 2 rings (SSSR count). The van der Waals surface area contributed by atoms with Crippen molar-refractivity contribution in [3.05, 3.63) is 36.0 Å². The number of hydrogen-bond acceptors (Lipinski definition) is 8. The third kappa shape index (κ3) is 7.53. The number of hydrogen-bond donors (Lipinski definition) is 3. The minimum atomic E-state index is -0.701.